The number of nitrogens with one attached hydrogen (secondary N) is 3. The number of rotatable bonds is 4. The maximum atomic E-state index is 16.0. The average molecular weight is 619 g/mol. The second-order valence-electron chi connectivity index (χ2n) is 12.8. The normalized spacial score (nSPS) is 31.1. The molecule has 9 nitrogen and oxygen atoms in total. The fourth-order valence-corrected chi connectivity index (χ4v) is 8.05. The highest BCUT2D eigenvalue weighted by Crippen LogP contribution is 2.64. The first-order valence-corrected chi connectivity index (χ1v) is 15.0. The van der Waals surface area contributed by atoms with Gasteiger partial charge in [-0.15, -0.1) is 0 Å². The fourth-order valence-electron chi connectivity index (χ4n) is 7.71. The van der Waals surface area contributed by atoms with E-state index >= 15 is 4.39 Å². The molecule has 4 heterocycles. The molecular weight excluding hydrogens is 584 g/mol. The lowest BCUT2D eigenvalue weighted by Gasteiger charge is -2.50. The summed E-state index contributed by atoms with van der Waals surface area (Å²) in [6, 6.07) is 5.34. The van der Waals surface area contributed by atoms with Crippen LogP contribution in [-0.4, -0.2) is 53.0 Å². The topological polar surface area (TPSA) is 135 Å². The van der Waals surface area contributed by atoms with E-state index in [9.17, 15) is 14.4 Å². The summed E-state index contributed by atoms with van der Waals surface area (Å²) in [5.41, 5.74) is 4.54. The van der Waals surface area contributed by atoms with Crippen LogP contribution in [0.15, 0.2) is 30.5 Å². The summed E-state index contributed by atoms with van der Waals surface area (Å²) in [6.45, 7) is 4.49. The Morgan fingerprint density at radius 2 is 1.88 bits per heavy atom. The minimum Gasteiger partial charge on any atom is -0.367 e. The number of pyridine rings is 1. The molecule has 3 aliphatic heterocycles. The molecule has 1 aromatic carbocycles. The standard InChI is InChI=1S/C30H34Cl2FN5O4/c1-28(2)8-10-29(11-9-28)30(18-5-3-15(31)13-19(18)37-27(30)41)21(17-7-12-35-24(32)22(17)33)23(38-29)26(40)36-16-4-6-20(25(34)39)42-14-16/h3,5,7,12-13,16,20-21,23,38H,4,6,8-11,14H2,1-2H3,(H2,34,39)(H,36,40)(H,37,41)/t16-,20?,21+,23-,30-/m1/s1. The van der Waals surface area contributed by atoms with E-state index in [1.54, 1.807) is 12.1 Å². The van der Waals surface area contributed by atoms with Crippen molar-refractivity contribution in [3.63, 3.8) is 0 Å². The van der Waals surface area contributed by atoms with Crippen LogP contribution < -0.4 is 21.7 Å². The SMILES string of the molecule is CC1(C)CCC2(CC1)N[C@@H](C(=O)N[C@@H]1CCC(C(N)=O)OC1)[C@H](c1ccnc(Cl)c1F)[C@]21C(=O)Nc2cc(Cl)ccc21. The zero-order chi connectivity index (χ0) is 30.0. The van der Waals surface area contributed by atoms with Crippen LogP contribution in [0, 0.1) is 11.2 Å². The molecule has 0 radical (unpaired) electrons. The summed E-state index contributed by atoms with van der Waals surface area (Å²) in [6.07, 6.45) is 4.31. The lowest BCUT2D eigenvalue weighted by molar-refractivity contribution is -0.134. The van der Waals surface area contributed by atoms with E-state index in [4.69, 9.17) is 33.7 Å². The number of anilines is 1. The summed E-state index contributed by atoms with van der Waals surface area (Å²) in [5.74, 6) is -2.99. The number of carbonyl (C=O) groups excluding carboxylic acids is 3. The van der Waals surface area contributed by atoms with Crippen molar-refractivity contribution < 1.29 is 23.5 Å². The number of halogens is 3. The van der Waals surface area contributed by atoms with Gasteiger partial charge in [0.25, 0.3) is 0 Å². The van der Waals surface area contributed by atoms with E-state index in [1.165, 1.54) is 12.3 Å². The zero-order valence-electron chi connectivity index (χ0n) is 23.4. The highest BCUT2D eigenvalue weighted by Gasteiger charge is 2.73. The number of carbonyl (C=O) groups is 3. The molecule has 1 aliphatic carbocycles. The third-order valence-corrected chi connectivity index (χ3v) is 10.4. The van der Waals surface area contributed by atoms with Crippen molar-refractivity contribution in [2.24, 2.45) is 11.1 Å². The Kier molecular flexibility index (Phi) is 7.28. The van der Waals surface area contributed by atoms with Gasteiger partial charge in [0.1, 0.15) is 11.5 Å². The first-order chi connectivity index (χ1) is 19.9. The third-order valence-electron chi connectivity index (χ3n) is 9.89. The van der Waals surface area contributed by atoms with E-state index in [2.05, 4.69) is 34.8 Å². The second-order valence-corrected chi connectivity index (χ2v) is 13.6. The van der Waals surface area contributed by atoms with Gasteiger partial charge in [-0.2, -0.15) is 0 Å². The molecule has 2 aromatic rings. The molecular formula is C30H34Cl2FN5O4. The van der Waals surface area contributed by atoms with E-state index in [0.29, 0.717) is 42.0 Å². The number of hydrogen-bond donors (Lipinski definition) is 4. The van der Waals surface area contributed by atoms with Crippen LogP contribution in [0.4, 0.5) is 10.1 Å². The van der Waals surface area contributed by atoms with Crippen LogP contribution in [0.25, 0.3) is 0 Å². The number of amides is 3. The first kappa shape index (κ1) is 29.3. The monoisotopic (exact) mass is 617 g/mol. The van der Waals surface area contributed by atoms with Gasteiger partial charge in [-0.25, -0.2) is 9.37 Å². The average Bonchev–Trinajstić information content (AvgIpc) is 3.40. The van der Waals surface area contributed by atoms with Crippen LogP contribution in [0.3, 0.4) is 0 Å². The van der Waals surface area contributed by atoms with Crippen molar-refractivity contribution in [3.8, 4) is 0 Å². The number of ether oxygens (including phenoxy) is 1. The summed E-state index contributed by atoms with van der Waals surface area (Å²) in [5, 5.41) is 9.81. The fraction of sp³-hybridized carbons (Fsp3) is 0.533. The van der Waals surface area contributed by atoms with Gasteiger partial charge in [0, 0.05) is 28.4 Å². The van der Waals surface area contributed by atoms with Gasteiger partial charge >= 0.3 is 0 Å². The highest BCUT2D eigenvalue weighted by molar-refractivity contribution is 6.31. The summed E-state index contributed by atoms with van der Waals surface area (Å²) in [7, 11) is 0. The van der Waals surface area contributed by atoms with Gasteiger partial charge in [0.05, 0.1) is 18.7 Å². The maximum absolute atomic E-state index is 16.0. The molecule has 0 bridgehead atoms. The number of aromatic nitrogens is 1. The van der Waals surface area contributed by atoms with Gasteiger partial charge in [0.15, 0.2) is 11.0 Å². The predicted molar refractivity (Wildman–Crippen MR) is 156 cm³/mol. The van der Waals surface area contributed by atoms with Crippen LogP contribution in [0.2, 0.25) is 10.2 Å². The Morgan fingerprint density at radius 3 is 2.55 bits per heavy atom. The molecule has 2 spiro atoms. The van der Waals surface area contributed by atoms with Crippen molar-refractivity contribution in [1.29, 1.82) is 0 Å². The lowest BCUT2D eigenvalue weighted by atomic mass is 9.53. The van der Waals surface area contributed by atoms with E-state index in [0.717, 1.165) is 12.8 Å². The van der Waals surface area contributed by atoms with Gasteiger partial charge in [-0.05, 0) is 73.3 Å². The van der Waals surface area contributed by atoms with Crippen molar-refractivity contribution in [3.05, 3.63) is 57.6 Å². The summed E-state index contributed by atoms with van der Waals surface area (Å²) in [4.78, 5) is 44.2. The molecule has 3 amide bonds. The third kappa shape index (κ3) is 4.49. The van der Waals surface area contributed by atoms with E-state index < -0.39 is 46.6 Å². The Balaban J connectivity index is 1.49. The molecule has 2 saturated heterocycles. The number of hydrogen-bond acceptors (Lipinski definition) is 6. The van der Waals surface area contributed by atoms with Crippen molar-refractivity contribution in [2.45, 2.75) is 87.4 Å². The molecule has 42 heavy (non-hydrogen) atoms. The van der Waals surface area contributed by atoms with Gasteiger partial charge in [0.2, 0.25) is 17.7 Å². The number of nitrogens with zero attached hydrogens (tertiary/aromatic N) is 1. The lowest BCUT2D eigenvalue weighted by Crippen LogP contribution is -2.61. The molecule has 6 rings (SSSR count). The largest absolute Gasteiger partial charge is 0.367 e. The van der Waals surface area contributed by atoms with Crippen LogP contribution in [-0.2, 0) is 24.5 Å². The number of benzene rings is 1. The number of fused-ring (bicyclic) bond motifs is 3. The van der Waals surface area contributed by atoms with Crippen molar-refractivity contribution >= 4 is 46.6 Å². The molecule has 3 fully saturated rings. The molecule has 224 valence electrons. The van der Waals surface area contributed by atoms with Gasteiger partial charge in [-0.3, -0.25) is 19.7 Å². The molecule has 1 aromatic heterocycles. The van der Waals surface area contributed by atoms with E-state index in [-0.39, 0.29) is 34.7 Å². The highest BCUT2D eigenvalue weighted by atomic mass is 35.5. The number of nitrogens with two attached hydrogens (primary N) is 1. The van der Waals surface area contributed by atoms with Crippen molar-refractivity contribution in [2.75, 3.05) is 11.9 Å². The van der Waals surface area contributed by atoms with Gasteiger partial charge in [-0.1, -0.05) is 43.1 Å². The smallest absolute Gasteiger partial charge is 0.246 e. The molecule has 4 aliphatic rings. The Labute approximate surface area is 253 Å². The Hall–Kier alpha value is -2.79. The summed E-state index contributed by atoms with van der Waals surface area (Å²) >= 11 is 12.5. The molecule has 12 heteroatoms. The zero-order valence-corrected chi connectivity index (χ0v) is 24.9. The van der Waals surface area contributed by atoms with Crippen molar-refractivity contribution in [1.82, 2.24) is 15.6 Å². The number of primary amides is 1. The molecule has 1 unspecified atom stereocenters. The van der Waals surface area contributed by atoms with E-state index in [1.807, 2.05) is 6.07 Å². The second kappa shape index (κ2) is 10.4. The van der Waals surface area contributed by atoms with Crippen LogP contribution >= 0.6 is 23.2 Å². The summed E-state index contributed by atoms with van der Waals surface area (Å²) < 4.78 is 21.6. The quantitative estimate of drug-likeness (QED) is 0.384. The minimum absolute atomic E-state index is 0.0312. The van der Waals surface area contributed by atoms with Crippen LogP contribution in [0.1, 0.15) is 69.4 Å². The van der Waals surface area contributed by atoms with Crippen LogP contribution in [0.5, 0.6) is 0 Å². The Morgan fingerprint density at radius 1 is 1.14 bits per heavy atom. The van der Waals surface area contributed by atoms with Gasteiger partial charge < -0.3 is 21.1 Å². The molecule has 5 atom stereocenters. The predicted octanol–water partition coefficient (Wildman–Crippen LogP) is 3.96. The first-order valence-electron chi connectivity index (χ1n) is 14.3. The maximum Gasteiger partial charge on any atom is 0.246 e. The molecule has 1 saturated carbocycles. The Bertz CT molecular complexity index is 1450. The minimum atomic E-state index is -1.35. The molecule has 5 N–H and O–H groups in total.